The number of amides is 2. The Kier molecular flexibility index (Phi) is 7.20. The van der Waals surface area contributed by atoms with Gasteiger partial charge in [0.05, 0.1) is 5.25 Å². The SMILES string of the molecule is CCN1C(=O)SC(Cc2ccc3c(c2)C2CCCC2N3c2ccc(C=C(c3ccccc3)c3ccccc3)cc2)C1=O. The largest absolute Gasteiger partial charge is 0.338 e. The molecule has 5 heteroatoms. The van der Waals surface area contributed by atoms with Crippen molar-refractivity contribution in [1.29, 1.82) is 0 Å². The predicted octanol–water partition coefficient (Wildman–Crippen LogP) is 8.69. The third-order valence-corrected chi connectivity index (χ3v) is 10.0. The Hall–Kier alpha value is -4.09. The van der Waals surface area contributed by atoms with E-state index in [1.54, 1.807) is 0 Å². The lowest BCUT2D eigenvalue weighted by molar-refractivity contribution is -0.126. The van der Waals surface area contributed by atoms with E-state index in [1.807, 2.05) is 6.92 Å². The third kappa shape index (κ3) is 4.86. The van der Waals surface area contributed by atoms with Gasteiger partial charge in [-0.05, 0) is 83.9 Å². The van der Waals surface area contributed by atoms with Gasteiger partial charge in [0.2, 0.25) is 5.91 Å². The Morgan fingerprint density at radius 1 is 0.857 bits per heavy atom. The second-order valence-corrected chi connectivity index (χ2v) is 12.6. The maximum atomic E-state index is 12.7. The summed E-state index contributed by atoms with van der Waals surface area (Å²) in [5.74, 6) is 0.452. The molecule has 1 saturated heterocycles. The first kappa shape index (κ1) is 26.8. The summed E-state index contributed by atoms with van der Waals surface area (Å²) in [5, 5.41) is -0.432. The van der Waals surface area contributed by atoms with Crippen molar-refractivity contribution in [2.45, 2.75) is 49.8 Å². The summed E-state index contributed by atoms with van der Waals surface area (Å²) in [6.45, 7) is 2.30. The number of anilines is 2. The molecule has 4 aromatic rings. The molecule has 3 atom stereocenters. The standard InChI is InChI=1S/C37H34N2O2S/c1-2-38-36(40)35(42-37(38)41)24-26-18-21-34-32(23-26)30-14-9-15-33(30)39(34)29-19-16-25(17-20-29)22-31(27-10-5-3-6-11-27)28-12-7-4-8-13-28/h3-8,10-13,16-23,30,33,35H,2,9,14-15,24H2,1H3. The molecule has 2 heterocycles. The monoisotopic (exact) mass is 570 g/mol. The number of benzene rings is 4. The van der Waals surface area contributed by atoms with E-state index in [-0.39, 0.29) is 16.4 Å². The van der Waals surface area contributed by atoms with E-state index in [9.17, 15) is 9.59 Å². The Morgan fingerprint density at radius 2 is 1.55 bits per heavy atom. The minimum Gasteiger partial charge on any atom is -0.338 e. The number of carbonyl (C=O) groups excluding carboxylic acids is 2. The maximum Gasteiger partial charge on any atom is 0.289 e. The van der Waals surface area contributed by atoms with Crippen molar-refractivity contribution in [2.24, 2.45) is 0 Å². The molecular weight excluding hydrogens is 536 g/mol. The molecule has 1 saturated carbocycles. The molecule has 3 aliphatic rings. The van der Waals surface area contributed by atoms with Crippen LogP contribution in [0.1, 0.15) is 59.9 Å². The molecule has 7 rings (SSSR count). The first-order valence-electron chi connectivity index (χ1n) is 15.0. The summed E-state index contributed by atoms with van der Waals surface area (Å²) in [5.41, 5.74) is 9.84. The van der Waals surface area contributed by atoms with Crippen molar-refractivity contribution in [2.75, 3.05) is 11.4 Å². The number of imide groups is 1. The second-order valence-electron chi connectivity index (χ2n) is 11.4. The van der Waals surface area contributed by atoms with Gasteiger partial charge in [0.25, 0.3) is 5.24 Å². The van der Waals surface area contributed by atoms with Crippen LogP contribution in [0, 0.1) is 0 Å². The molecule has 2 fully saturated rings. The highest BCUT2D eigenvalue weighted by Gasteiger charge is 2.43. The quantitative estimate of drug-likeness (QED) is 0.208. The third-order valence-electron chi connectivity index (χ3n) is 8.96. The van der Waals surface area contributed by atoms with Crippen LogP contribution in [0.25, 0.3) is 11.6 Å². The Labute approximate surface area is 252 Å². The van der Waals surface area contributed by atoms with Crippen molar-refractivity contribution < 1.29 is 9.59 Å². The van der Waals surface area contributed by atoms with Crippen LogP contribution in [0.4, 0.5) is 16.2 Å². The number of rotatable bonds is 7. The molecule has 210 valence electrons. The van der Waals surface area contributed by atoms with Crippen LogP contribution in [-0.4, -0.2) is 33.9 Å². The van der Waals surface area contributed by atoms with Gasteiger partial charge in [0.1, 0.15) is 0 Å². The minimum atomic E-state index is -0.315. The molecule has 42 heavy (non-hydrogen) atoms. The zero-order valence-corrected chi connectivity index (χ0v) is 24.6. The molecule has 0 radical (unpaired) electrons. The number of thioether (sulfide) groups is 1. The number of carbonyl (C=O) groups is 2. The number of hydrogen-bond donors (Lipinski definition) is 0. The number of nitrogens with zero attached hydrogens (tertiary/aromatic N) is 2. The Balaban J connectivity index is 1.17. The number of hydrogen-bond acceptors (Lipinski definition) is 4. The fourth-order valence-corrected chi connectivity index (χ4v) is 8.06. The fourth-order valence-electron chi connectivity index (χ4n) is 6.96. The van der Waals surface area contributed by atoms with E-state index < -0.39 is 0 Å². The first-order chi connectivity index (χ1) is 20.6. The van der Waals surface area contributed by atoms with Crippen LogP contribution < -0.4 is 4.90 Å². The highest BCUT2D eigenvalue weighted by atomic mass is 32.2. The van der Waals surface area contributed by atoms with Crippen LogP contribution in [0.5, 0.6) is 0 Å². The summed E-state index contributed by atoms with van der Waals surface area (Å²) in [6, 6.07) is 37.3. The summed E-state index contributed by atoms with van der Waals surface area (Å²) in [7, 11) is 0. The molecule has 0 bridgehead atoms. The van der Waals surface area contributed by atoms with E-state index in [2.05, 4.69) is 114 Å². The average molecular weight is 571 g/mol. The lowest BCUT2D eigenvalue weighted by Gasteiger charge is -2.27. The smallest absolute Gasteiger partial charge is 0.289 e. The van der Waals surface area contributed by atoms with Gasteiger partial charge in [-0.1, -0.05) is 103 Å². The molecule has 4 aromatic carbocycles. The molecule has 2 aliphatic heterocycles. The van der Waals surface area contributed by atoms with E-state index in [1.165, 1.54) is 75.1 Å². The highest BCUT2D eigenvalue weighted by Crippen LogP contribution is 2.52. The van der Waals surface area contributed by atoms with Gasteiger partial charge in [-0.3, -0.25) is 14.5 Å². The van der Waals surface area contributed by atoms with Crippen molar-refractivity contribution in [1.82, 2.24) is 4.90 Å². The summed E-state index contributed by atoms with van der Waals surface area (Å²) in [6.07, 6.45) is 6.48. The van der Waals surface area contributed by atoms with E-state index in [4.69, 9.17) is 0 Å². The lowest BCUT2D eigenvalue weighted by atomic mass is 9.95. The van der Waals surface area contributed by atoms with Crippen LogP contribution in [0.15, 0.2) is 103 Å². The van der Waals surface area contributed by atoms with Gasteiger partial charge in [0.15, 0.2) is 0 Å². The zero-order chi connectivity index (χ0) is 28.6. The molecule has 4 nitrogen and oxygen atoms in total. The normalized spacial score (nSPS) is 21.0. The molecule has 2 amide bonds. The topological polar surface area (TPSA) is 40.6 Å². The second kappa shape index (κ2) is 11.3. The van der Waals surface area contributed by atoms with Gasteiger partial charge < -0.3 is 4.90 Å². The van der Waals surface area contributed by atoms with Gasteiger partial charge in [-0.2, -0.15) is 0 Å². The molecule has 1 aliphatic carbocycles. The van der Waals surface area contributed by atoms with Gasteiger partial charge in [0, 0.05) is 29.9 Å². The van der Waals surface area contributed by atoms with Crippen molar-refractivity contribution in [3.05, 3.63) is 131 Å². The highest BCUT2D eigenvalue weighted by molar-refractivity contribution is 8.15. The summed E-state index contributed by atoms with van der Waals surface area (Å²) in [4.78, 5) is 28.9. The Bertz CT molecular complexity index is 1610. The average Bonchev–Trinajstić information content (AvgIpc) is 3.70. The fraction of sp³-hybridized carbons (Fsp3) is 0.243. The van der Waals surface area contributed by atoms with E-state index in [0.29, 0.717) is 24.9 Å². The van der Waals surface area contributed by atoms with E-state index >= 15 is 0 Å². The zero-order valence-electron chi connectivity index (χ0n) is 23.8. The molecule has 0 aromatic heterocycles. The molecule has 0 N–H and O–H groups in total. The molecule has 0 spiro atoms. The predicted molar refractivity (Wildman–Crippen MR) is 173 cm³/mol. The lowest BCUT2D eigenvalue weighted by Crippen LogP contribution is -2.31. The summed E-state index contributed by atoms with van der Waals surface area (Å²) < 4.78 is 0. The van der Waals surface area contributed by atoms with Crippen LogP contribution >= 0.6 is 11.8 Å². The van der Waals surface area contributed by atoms with Crippen molar-refractivity contribution in [3.63, 3.8) is 0 Å². The van der Waals surface area contributed by atoms with Crippen LogP contribution in [-0.2, 0) is 11.2 Å². The molecular formula is C37H34N2O2S. The van der Waals surface area contributed by atoms with Crippen LogP contribution in [0.2, 0.25) is 0 Å². The van der Waals surface area contributed by atoms with Crippen molar-refractivity contribution in [3.8, 4) is 0 Å². The number of fused-ring (bicyclic) bond motifs is 3. The van der Waals surface area contributed by atoms with Crippen molar-refractivity contribution >= 4 is 45.9 Å². The Morgan fingerprint density at radius 3 is 2.19 bits per heavy atom. The van der Waals surface area contributed by atoms with Gasteiger partial charge in [-0.25, -0.2) is 0 Å². The van der Waals surface area contributed by atoms with E-state index in [0.717, 1.165) is 5.56 Å². The maximum absolute atomic E-state index is 12.7. The van der Waals surface area contributed by atoms with Crippen LogP contribution in [0.3, 0.4) is 0 Å². The van der Waals surface area contributed by atoms with Gasteiger partial charge >= 0.3 is 0 Å². The summed E-state index contributed by atoms with van der Waals surface area (Å²) >= 11 is 1.18. The van der Waals surface area contributed by atoms with Gasteiger partial charge in [-0.15, -0.1) is 0 Å². The molecule has 3 unspecified atom stereocenters. The first-order valence-corrected chi connectivity index (χ1v) is 15.9. The minimum absolute atomic E-state index is 0.0507.